The minimum Gasteiger partial charge on any atom is -0.477 e. The van der Waals surface area contributed by atoms with Crippen LogP contribution in [0.4, 0.5) is 0 Å². The monoisotopic (exact) mass is 341 g/mol. The molecular weight excluding hydrogens is 314 g/mol. The van der Waals surface area contributed by atoms with Gasteiger partial charge in [0.1, 0.15) is 11.5 Å². The molecule has 0 atom stereocenters. The molecule has 0 aliphatic carbocycles. The van der Waals surface area contributed by atoms with Gasteiger partial charge in [-0.25, -0.2) is 4.98 Å². The smallest absolute Gasteiger partial charge is 0.226 e. The van der Waals surface area contributed by atoms with Crippen molar-refractivity contribution in [1.82, 2.24) is 24.3 Å². The summed E-state index contributed by atoms with van der Waals surface area (Å²) >= 11 is 0. The lowest BCUT2D eigenvalue weighted by Crippen LogP contribution is -2.18. The first-order valence-corrected chi connectivity index (χ1v) is 8.71. The van der Waals surface area contributed by atoms with Crippen molar-refractivity contribution in [3.05, 3.63) is 36.0 Å². The molecule has 0 bridgehead atoms. The van der Waals surface area contributed by atoms with Crippen molar-refractivity contribution in [2.75, 3.05) is 6.61 Å². The van der Waals surface area contributed by atoms with Gasteiger partial charge in [0, 0.05) is 25.4 Å². The van der Waals surface area contributed by atoms with Crippen LogP contribution in [0, 0.1) is 5.41 Å². The second-order valence-corrected chi connectivity index (χ2v) is 8.02. The van der Waals surface area contributed by atoms with E-state index in [1.807, 2.05) is 36.3 Å². The van der Waals surface area contributed by atoms with Crippen LogP contribution in [0.25, 0.3) is 11.0 Å². The molecule has 0 aromatic carbocycles. The number of aromatic nitrogens is 5. The summed E-state index contributed by atoms with van der Waals surface area (Å²) in [4.78, 5) is 9.46. The third-order valence-corrected chi connectivity index (χ3v) is 4.01. The zero-order chi connectivity index (χ0) is 18.2. The predicted molar refractivity (Wildman–Crippen MR) is 98.9 cm³/mol. The molecule has 0 amide bonds. The highest BCUT2D eigenvalue weighted by Crippen LogP contribution is 2.28. The van der Waals surface area contributed by atoms with E-state index in [9.17, 15) is 0 Å². The highest BCUT2D eigenvalue weighted by Gasteiger charge is 2.18. The summed E-state index contributed by atoms with van der Waals surface area (Å²) in [6.45, 7) is 12.0. The van der Waals surface area contributed by atoms with Crippen LogP contribution in [0.1, 0.15) is 52.1 Å². The summed E-state index contributed by atoms with van der Waals surface area (Å²) < 4.78 is 10.1. The van der Waals surface area contributed by atoms with Gasteiger partial charge in [0.05, 0.1) is 24.2 Å². The number of aryl methyl sites for hydroxylation is 1. The fraction of sp³-hybridized carbons (Fsp3) is 0.526. The SMILES string of the molecule is CC(C)c1nc(OCC(C)(C)C)c2ccn(Cc3ccnn3C)c2n1. The Labute approximate surface area is 148 Å². The molecular formula is C19H27N5O. The van der Waals surface area contributed by atoms with Crippen molar-refractivity contribution >= 4 is 11.0 Å². The first kappa shape index (κ1) is 17.5. The first-order chi connectivity index (χ1) is 11.7. The van der Waals surface area contributed by atoms with E-state index in [2.05, 4.69) is 49.3 Å². The highest BCUT2D eigenvalue weighted by atomic mass is 16.5. The van der Waals surface area contributed by atoms with Crippen LogP contribution in [-0.2, 0) is 13.6 Å². The molecule has 134 valence electrons. The molecule has 6 heteroatoms. The van der Waals surface area contributed by atoms with E-state index in [0.717, 1.165) is 22.6 Å². The summed E-state index contributed by atoms with van der Waals surface area (Å²) in [7, 11) is 1.95. The Balaban J connectivity index is 2.03. The topological polar surface area (TPSA) is 57.8 Å². The van der Waals surface area contributed by atoms with Gasteiger partial charge in [-0.3, -0.25) is 4.68 Å². The second-order valence-electron chi connectivity index (χ2n) is 8.02. The zero-order valence-electron chi connectivity index (χ0n) is 15.9. The van der Waals surface area contributed by atoms with Crippen LogP contribution >= 0.6 is 0 Å². The number of rotatable bonds is 5. The fourth-order valence-electron chi connectivity index (χ4n) is 2.57. The highest BCUT2D eigenvalue weighted by molar-refractivity contribution is 5.81. The fourth-order valence-corrected chi connectivity index (χ4v) is 2.57. The summed E-state index contributed by atoms with van der Waals surface area (Å²) in [5.41, 5.74) is 2.11. The lowest BCUT2D eigenvalue weighted by atomic mass is 9.99. The normalized spacial score (nSPS) is 12.3. The molecule has 0 spiro atoms. The molecule has 3 rings (SSSR count). The molecule has 3 aromatic rings. The van der Waals surface area contributed by atoms with Crippen molar-refractivity contribution in [3.8, 4) is 5.88 Å². The van der Waals surface area contributed by atoms with E-state index in [4.69, 9.17) is 9.72 Å². The van der Waals surface area contributed by atoms with Gasteiger partial charge < -0.3 is 9.30 Å². The van der Waals surface area contributed by atoms with Gasteiger partial charge in [-0.1, -0.05) is 34.6 Å². The van der Waals surface area contributed by atoms with Gasteiger partial charge >= 0.3 is 0 Å². The van der Waals surface area contributed by atoms with Gasteiger partial charge in [-0.15, -0.1) is 0 Å². The Morgan fingerprint density at radius 2 is 1.92 bits per heavy atom. The summed E-state index contributed by atoms with van der Waals surface area (Å²) in [5, 5.41) is 5.20. The molecule has 0 saturated heterocycles. The lowest BCUT2D eigenvalue weighted by molar-refractivity contribution is 0.193. The summed E-state index contributed by atoms with van der Waals surface area (Å²) in [6.07, 6.45) is 3.85. The molecule has 0 saturated carbocycles. The standard InChI is InChI=1S/C19H27N5O/c1-13(2)16-21-17-15(18(22-16)25-12-19(3,4)5)8-10-24(17)11-14-7-9-20-23(14)6/h7-10,13H,11-12H2,1-6H3. The maximum absolute atomic E-state index is 6.06. The molecule has 6 nitrogen and oxygen atoms in total. The molecule has 0 aliphatic heterocycles. The van der Waals surface area contributed by atoms with Crippen LogP contribution in [0.15, 0.2) is 24.5 Å². The predicted octanol–water partition coefficient (Wildman–Crippen LogP) is 3.76. The average molecular weight is 341 g/mol. The zero-order valence-corrected chi connectivity index (χ0v) is 15.9. The van der Waals surface area contributed by atoms with Gasteiger partial charge in [0.25, 0.3) is 0 Å². The Bertz CT molecular complexity index is 870. The first-order valence-electron chi connectivity index (χ1n) is 8.71. The third kappa shape index (κ3) is 3.83. The van der Waals surface area contributed by atoms with E-state index in [1.54, 1.807) is 0 Å². The largest absolute Gasteiger partial charge is 0.477 e. The molecule has 0 unspecified atom stereocenters. The van der Waals surface area contributed by atoms with Crippen molar-refractivity contribution in [1.29, 1.82) is 0 Å². The Hall–Kier alpha value is -2.37. The summed E-state index contributed by atoms with van der Waals surface area (Å²) in [5.74, 6) is 1.72. The van der Waals surface area contributed by atoms with Crippen molar-refractivity contribution in [3.63, 3.8) is 0 Å². The van der Waals surface area contributed by atoms with Gasteiger partial charge in [0.2, 0.25) is 5.88 Å². The van der Waals surface area contributed by atoms with E-state index >= 15 is 0 Å². The molecule has 0 N–H and O–H groups in total. The molecule has 0 aliphatic rings. The number of ether oxygens (including phenoxy) is 1. The van der Waals surface area contributed by atoms with Crippen molar-refractivity contribution < 1.29 is 4.74 Å². The number of fused-ring (bicyclic) bond motifs is 1. The van der Waals surface area contributed by atoms with E-state index in [-0.39, 0.29) is 11.3 Å². The van der Waals surface area contributed by atoms with E-state index in [1.165, 1.54) is 0 Å². The Morgan fingerprint density at radius 1 is 1.16 bits per heavy atom. The van der Waals surface area contributed by atoms with Gasteiger partial charge in [-0.2, -0.15) is 10.1 Å². The lowest BCUT2D eigenvalue weighted by Gasteiger charge is -2.19. The van der Waals surface area contributed by atoms with Crippen LogP contribution in [-0.4, -0.2) is 30.9 Å². The van der Waals surface area contributed by atoms with E-state index < -0.39 is 0 Å². The van der Waals surface area contributed by atoms with Crippen LogP contribution in [0.2, 0.25) is 0 Å². The van der Waals surface area contributed by atoms with Crippen LogP contribution in [0.3, 0.4) is 0 Å². The van der Waals surface area contributed by atoms with Crippen LogP contribution < -0.4 is 4.74 Å². The Morgan fingerprint density at radius 3 is 2.52 bits per heavy atom. The van der Waals surface area contributed by atoms with E-state index in [0.29, 0.717) is 19.0 Å². The minimum atomic E-state index is 0.0759. The third-order valence-electron chi connectivity index (χ3n) is 4.01. The van der Waals surface area contributed by atoms with Crippen LogP contribution in [0.5, 0.6) is 5.88 Å². The number of hydrogen-bond acceptors (Lipinski definition) is 4. The molecule has 25 heavy (non-hydrogen) atoms. The Kier molecular flexibility index (Phi) is 4.54. The molecule has 3 aromatic heterocycles. The second kappa shape index (κ2) is 6.50. The molecule has 0 fully saturated rings. The minimum absolute atomic E-state index is 0.0759. The summed E-state index contributed by atoms with van der Waals surface area (Å²) in [6, 6.07) is 4.06. The molecule has 3 heterocycles. The number of hydrogen-bond donors (Lipinski definition) is 0. The maximum Gasteiger partial charge on any atom is 0.226 e. The van der Waals surface area contributed by atoms with Crippen molar-refractivity contribution in [2.45, 2.75) is 47.1 Å². The maximum atomic E-state index is 6.06. The van der Waals surface area contributed by atoms with Crippen molar-refractivity contribution in [2.24, 2.45) is 12.5 Å². The number of nitrogens with zero attached hydrogens (tertiary/aromatic N) is 5. The van der Waals surface area contributed by atoms with Gasteiger partial charge in [-0.05, 0) is 17.5 Å². The molecule has 0 radical (unpaired) electrons. The van der Waals surface area contributed by atoms with Gasteiger partial charge in [0.15, 0.2) is 0 Å². The average Bonchev–Trinajstić information content (AvgIpc) is 3.11. The quantitative estimate of drug-likeness (QED) is 0.709.